The molecule has 0 spiro atoms. The first-order valence-corrected chi connectivity index (χ1v) is 4.21. The number of halogens is 1. The Labute approximate surface area is 78.7 Å². The van der Waals surface area contributed by atoms with Crippen LogP contribution in [-0.2, 0) is 6.61 Å². The molecular formula is C7H9IN2O. The summed E-state index contributed by atoms with van der Waals surface area (Å²) in [5, 5.41) is 8.88. The summed E-state index contributed by atoms with van der Waals surface area (Å²) in [6.07, 6.45) is 0. The summed E-state index contributed by atoms with van der Waals surface area (Å²) in [6.45, 7) is 0.0103. The van der Waals surface area contributed by atoms with Gasteiger partial charge in [0, 0.05) is 9.13 Å². The lowest BCUT2D eigenvalue weighted by atomic mass is 10.2. The highest BCUT2D eigenvalue weighted by Crippen LogP contribution is 2.17. The van der Waals surface area contributed by atoms with E-state index >= 15 is 0 Å². The predicted octanol–water partition coefficient (Wildman–Crippen LogP) is 1.07. The van der Waals surface area contributed by atoms with Crippen molar-refractivity contribution in [3.05, 3.63) is 27.3 Å². The lowest BCUT2D eigenvalue weighted by Gasteiger charge is -2.05. The van der Waals surface area contributed by atoms with E-state index in [-0.39, 0.29) is 6.61 Å². The van der Waals surface area contributed by atoms with Gasteiger partial charge in [-0.1, -0.05) is 0 Å². The number of rotatable bonds is 2. The number of hydrogen-bond donors (Lipinski definition) is 3. The van der Waals surface area contributed by atoms with Gasteiger partial charge in [0.1, 0.15) is 0 Å². The van der Waals surface area contributed by atoms with Crippen molar-refractivity contribution in [3.8, 4) is 0 Å². The van der Waals surface area contributed by atoms with E-state index in [9.17, 15) is 0 Å². The van der Waals surface area contributed by atoms with E-state index in [0.717, 1.165) is 14.8 Å². The molecule has 60 valence electrons. The van der Waals surface area contributed by atoms with Gasteiger partial charge < -0.3 is 10.5 Å². The highest BCUT2D eigenvalue weighted by atomic mass is 127. The second-order valence-corrected chi connectivity index (χ2v) is 3.35. The van der Waals surface area contributed by atoms with E-state index < -0.39 is 0 Å². The van der Waals surface area contributed by atoms with Crippen LogP contribution in [-0.4, -0.2) is 5.11 Å². The van der Waals surface area contributed by atoms with E-state index in [1.54, 1.807) is 0 Å². The molecule has 0 bridgehead atoms. The van der Waals surface area contributed by atoms with E-state index in [1.807, 2.05) is 18.2 Å². The Morgan fingerprint density at radius 2 is 2.27 bits per heavy atom. The molecule has 0 amide bonds. The Morgan fingerprint density at radius 3 is 2.82 bits per heavy atom. The minimum atomic E-state index is 0.0103. The van der Waals surface area contributed by atoms with E-state index in [1.165, 1.54) is 0 Å². The molecule has 0 radical (unpaired) electrons. The van der Waals surface area contributed by atoms with Crippen molar-refractivity contribution in [2.75, 3.05) is 5.43 Å². The monoisotopic (exact) mass is 264 g/mol. The number of benzene rings is 1. The smallest absolute Gasteiger partial charge is 0.0702 e. The van der Waals surface area contributed by atoms with Crippen molar-refractivity contribution in [1.82, 2.24) is 0 Å². The molecule has 1 rings (SSSR count). The number of aliphatic hydroxyl groups is 1. The average molecular weight is 264 g/mol. The Morgan fingerprint density at radius 1 is 1.55 bits per heavy atom. The SMILES string of the molecule is NNc1ccc(I)cc1CO. The normalized spacial score (nSPS) is 9.73. The fourth-order valence-corrected chi connectivity index (χ4v) is 1.39. The molecule has 4 N–H and O–H groups in total. The predicted molar refractivity (Wildman–Crippen MR) is 52.9 cm³/mol. The van der Waals surface area contributed by atoms with Crippen LogP contribution in [0, 0.1) is 3.57 Å². The summed E-state index contributed by atoms with van der Waals surface area (Å²) >= 11 is 2.18. The van der Waals surface area contributed by atoms with Crippen molar-refractivity contribution in [2.45, 2.75) is 6.61 Å². The number of hydrogen-bond acceptors (Lipinski definition) is 3. The van der Waals surface area contributed by atoms with Gasteiger partial charge in [-0.25, -0.2) is 0 Å². The van der Waals surface area contributed by atoms with Crippen LogP contribution in [0.1, 0.15) is 5.56 Å². The molecule has 0 aromatic heterocycles. The number of nitrogens with one attached hydrogen (secondary N) is 1. The van der Waals surface area contributed by atoms with Crippen LogP contribution in [0.15, 0.2) is 18.2 Å². The first-order chi connectivity index (χ1) is 5.27. The van der Waals surface area contributed by atoms with Crippen molar-refractivity contribution < 1.29 is 5.11 Å². The first kappa shape index (κ1) is 8.76. The lowest BCUT2D eigenvalue weighted by Crippen LogP contribution is -2.09. The molecule has 0 aliphatic rings. The first-order valence-electron chi connectivity index (χ1n) is 3.14. The molecule has 1 aromatic carbocycles. The zero-order valence-electron chi connectivity index (χ0n) is 5.84. The Kier molecular flexibility index (Phi) is 3.10. The highest BCUT2D eigenvalue weighted by Gasteiger charge is 1.98. The van der Waals surface area contributed by atoms with Gasteiger partial charge >= 0.3 is 0 Å². The summed E-state index contributed by atoms with van der Waals surface area (Å²) in [7, 11) is 0. The van der Waals surface area contributed by atoms with Crippen LogP contribution < -0.4 is 11.3 Å². The number of nitrogens with two attached hydrogens (primary N) is 1. The van der Waals surface area contributed by atoms with E-state index in [2.05, 4.69) is 28.0 Å². The highest BCUT2D eigenvalue weighted by molar-refractivity contribution is 14.1. The van der Waals surface area contributed by atoms with Crippen LogP contribution in [0.5, 0.6) is 0 Å². The van der Waals surface area contributed by atoms with Gasteiger partial charge in [0.25, 0.3) is 0 Å². The molecule has 0 atom stereocenters. The standard InChI is InChI=1S/C7H9IN2O/c8-6-1-2-7(10-9)5(3-6)4-11/h1-3,10-11H,4,9H2. The van der Waals surface area contributed by atoms with E-state index in [4.69, 9.17) is 10.9 Å². The van der Waals surface area contributed by atoms with Gasteiger partial charge in [-0.15, -0.1) is 0 Å². The van der Waals surface area contributed by atoms with Crippen LogP contribution in [0.25, 0.3) is 0 Å². The maximum Gasteiger partial charge on any atom is 0.0702 e. The molecule has 1 aromatic rings. The second kappa shape index (κ2) is 3.89. The minimum Gasteiger partial charge on any atom is -0.392 e. The van der Waals surface area contributed by atoms with Crippen molar-refractivity contribution >= 4 is 28.3 Å². The van der Waals surface area contributed by atoms with Gasteiger partial charge in [0.05, 0.1) is 12.3 Å². The maximum atomic E-state index is 8.88. The third-order valence-electron chi connectivity index (χ3n) is 1.39. The number of hydrazine groups is 1. The molecule has 0 heterocycles. The maximum absolute atomic E-state index is 8.88. The Balaban J connectivity index is 3.06. The Hall–Kier alpha value is -0.330. The van der Waals surface area contributed by atoms with E-state index in [0.29, 0.717) is 0 Å². The van der Waals surface area contributed by atoms with Crippen LogP contribution >= 0.6 is 22.6 Å². The van der Waals surface area contributed by atoms with Gasteiger partial charge in [-0.2, -0.15) is 0 Å². The molecule has 0 saturated heterocycles. The van der Waals surface area contributed by atoms with Crippen molar-refractivity contribution in [3.63, 3.8) is 0 Å². The van der Waals surface area contributed by atoms with Gasteiger partial charge in [0.2, 0.25) is 0 Å². The molecule has 0 saturated carbocycles. The summed E-state index contributed by atoms with van der Waals surface area (Å²) in [6, 6.07) is 5.65. The van der Waals surface area contributed by atoms with Gasteiger partial charge in [0.15, 0.2) is 0 Å². The van der Waals surface area contributed by atoms with Gasteiger partial charge in [-0.05, 0) is 40.8 Å². The zero-order chi connectivity index (χ0) is 8.27. The summed E-state index contributed by atoms with van der Waals surface area (Å²) in [5.74, 6) is 5.21. The third kappa shape index (κ3) is 2.05. The van der Waals surface area contributed by atoms with Crippen LogP contribution in [0.3, 0.4) is 0 Å². The molecule has 0 unspecified atom stereocenters. The fourth-order valence-electron chi connectivity index (χ4n) is 0.834. The fraction of sp³-hybridized carbons (Fsp3) is 0.143. The largest absolute Gasteiger partial charge is 0.392 e. The number of aliphatic hydroxyl groups excluding tert-OH is 1. The van der Waals surface area contributed by atoms with Crippen molar-refractivity contribution in [2.24, 2.45) is 5.84 Å². The van der Waals surface area contributed by atoms with Crippen LogP contribution in [0.2, 0.25) is 0 Å². The molecular weight excluding hydrogens is 255 g/mol. The zero-order valence-corrected chi connectivity index (χ0v) is 8.00. The van der Waals surface area contributed by atoms with Gasteiger partial charge in [-0.3, -0.25) is 5.84 Å². The number of nitrogen functional groups attached to an aromatic ring is 1. The molecule has 0 aliphatic carbocycles. The second-order valence-electron chi connectivity index (χ2n) is 2.10. The molecule has 0 fully saturated rings. The van der Waals surface area contributed by atoms with Crippen LogP contribution in [0.4, 0.5) is 5.69 Å². The quantitative estimate of drug-likeness (QED) is 0.425. The minimum absolute atomic E-state index is 0.0103. The Bertz CT molecular complexity index is 252. The molecule has 11 heavy (non-hydrogen) atoms. The van der Waals surface area contributed by atoms with Crippen molar-refractivity contribution in [1.29, 1.82) is 0 Å². The summed E-state index contributed by atoms with van der Waals surface area (Å²) in [5.41, 5.74) is 4.10. The third-order valence-corrected chi connectivity index (χ3v) is 2.06. The molecule has 4 heteroatoms. The number of anilines is 1. The molecule has 3 nitrogen and oxygen atoms in total. The molecule has 0 aliphatic heterocycles. The lowest BCUT2D eigenvalue weighted by molar-refractivity contribution is 0.282. The average Bonchev–Trinajstić information content (AvgIpc) is 2.04. The summed E-state index contributed by atoms with van der Waals surface area (Å²) < 4.78 is 1.09. The summed E-state index contributed by atoms with van der Waals surface area (Å²) in [4.78, 5) is 0. The topological polar surface area (TPSA) is 58.3 Å².